The van der Waals surface area contributed by atoms with Crippen LogP contribution in [-0.2, 0) is 0 Å². The predicted octanol–water partition coefficient (Wildman–Crippen LogP) is 1.18. The van der Waals surface area contributed by atoms with E-state index >= 15 is 0 Å². The van der Waals surface area contributed by atoms with E-state index < -0.39 is 6.43 Å². The summed E-state index contributed by atoms with van der Waals surface area (Å²) in [6.45, 7) is 3.89. The van der Waals surface area contributed by atoms with E-state index in [1.54, 1.807) is 11.9 Å². The molecular formula is C9H18F2N2. The Morgan fingerprint density at radius 1 is 1.46 bits per heavy atom. The number of nitrogens with one attached hydrogen (secondary N) is 1. The summed E-state index contributed by atoms with van der Waals surface area (Å²) in [6.07, 6.45) is -1.20. The summed E-state index contributed by atoms with van der Waals surface area (Å²) in [6, 6.07) is 0.276. The van der Waals surface area contributed by atoms with Gasteiger partial charge in [-0.3, -0.25) is 4.90 Å². The molecule has 0 spiro atoms. The maximum absolute atomic E-state index is 12.1. The lowest BCUT2D eigenvalue weighted by molar-refractivity contribution is 0.0685. The van der Waals surface area contributed by atoms with Gasteiger partial charge in [0.25, 0.3) is 6.43 Å². The van der Waals surface area contributed by atoms with Crippen LogP contribution in [0.1, 0.15) is 13.3 Å². The third-order valence-electron chi connectivity index (χ3n) is 2.60. The number of likely N-dealkylation sites (N-methyl/N-ethyl adjacent to an activating group) is 1. The molecule has 0 bridgehead atoms. The lowest BCUT2D eigenvalue weighted by atomic mass is 9.97. The Morgan fingerprint density at radius 3 is 2.69 bits per heavy atom. The Kier molecular flexibility index (Phi) is 4.06. The van der Waals surface area contributed by atoms with Crippen molar-refractivity contribution in [3.05, 3.63) is 0 Å². The summed E-state index contributed by atoms with van der Waals surface area (Å²) in [7, 11) is 1.77. The summed E-state index contributed by atoms with van der Waals surface area (Å²) < 4.78 is 24.2. The zero-order chi connectivity index (χ0) is 9.84. The van der Waals surface area contributed by atoms with Crippen molar-refractivity contribution in [3.8, 4) is 0 Å². The minimum absolute atomic E-state index is 0.112. The molecule has 0 amide bonds. The molecule has 13 heavy (non-hydrogen) atoms. The highest BCUT2D eigenvalue weighted by molar-refractivity contribution is 4.80. The number of alkyl halides is 2. The van der Waals surface area contributed by atoms with Crippen LogP contribution < -0.4 is 5.32 Å². The molecule has 0 aliphatic carbocycles. The highest BCUT2D eigenvalue weighted by atomic mass is 19.3. The van der Waals surface area contributed by atoms with Crippen molar-refractivity contribution in [3.63, 3.8) is 0 Å². The topological polar surface area (TPSA) is 15.3 Å². The van der Waals surface area contributed by atoms with Gasteiger partial charge < -0.3 is 5.32 Å². The zero-order valence-corrected chi connectivity index (χ0v) is 8.26. The van der Waals surface area contributed by atoms with Crippen molar-refractivity contribution in [2.75, 3.05) is 26.7 Å². The molecule has 4 heteroatoms. The van der Waals surface area contributed by atoms with E-state index in [-0.39, 0.29) is 12.6 Å². The summed E-state index contributed by atoms with van der Waals surface area (Å²) in [5.74, 6) is 0.596. The third kappa shape index (κ3) is 3.56. The van der Waals surface area contributed by atoms with Gasteiger partial charge in [0.05, 0.1) is 6.54 Å². The summed E-state index contributed by atoms with van der Waals surface area (Å²) in [4.78, 5) is 1.76. The lowest BCUT2D eigenvalue weighted by Gasteiger charge is -2.34. The van der Waals surface area contributed by atoms with Gasteiger partial charge in [-0.15, -0.1) is 0 Å². The molecule has 1 aliphatic rings. The van der Waals surface area contributed by atoms with Crippen molar-refractivity contribution in [1.82, 2.24) is 10.2 Å². The van der Waals surface area contributed by atoms with E-state index in [1.165, 1.54) is 0 Å². The predicted molar refractivity (Wildman–Crippen MR) is 49.1 cm³/mol. The molecule has 0 aromatic carbocycles. The van der Waals surface area contributed by atoms with Gasteiger partial charge in [0.15, 0.2) is 0 Å². The van der Waals surface area contributed by atoms with Gasteiger partial charge in [-0.05, 0) is 25.9 Å². The van der Waals surface area contributed by atoms with Crippen molar-refractivity contribution in [1.29, 1.82) is 0 Å². The van der Waals surface area contributed by atoms with E-state index in [4.69, 9.17) is 0 Å². The van der Waals surface area contributed by atoms with Gasteiger partial charge in [-0.25, -0.2) is 8.78 Å². The van der Waals surface area contributed by atoms with Crippen LogP contribution >= 0.6 is 0 Å². The van der Waals surface area contributed by atoms with E-state index in [0.29, 0.717) is 5.92 Å². The van der Waals surface area contributed by atoms with Crippen LogP contribution in [0.4, 0.5) is 8.78 Å². The molecule has 2 nitrogen and oxygen atoms in total. The van der Waals surface area contributed by atoms with Crippen molar-refractivity contribution >= 4 is 0 Å². The van der Waals surface area contributed by atoms with E-state index in [1.807, 2.05) is 0 Å². The molecule has 0 saturated carbocycles. The first-order valence-electron chi connectivity index (χ1n) is 4.78. The number of nitrogens with zero attached hydrogens (tertiary/aromatic N) is 1. The fourth-order valence-electron chi connectivity index (χ4n) is 1.83. The maximum atomic E-state index is 12.1. The smallest absolute Gasteiger partial charge is 0.251 e. The minimum atomic E-state index is -2.22. The van der Waals surface area contributed by atoms with Gasteiger partial charge in [0.2, 0.25) is 0 Å². The number of rotatable bonds is 3. The monoisotopic (exact) mass is 192 g/mol. The summed E-state index contributed by atoms with van der Waals surface area (Å²) in [5.41, 5.74) is 0. The molecule has 1 saturated heterocycles. The molecule has 1 fully saturated rings. The second-order valence-corrected chi connectivity index (χ2v) is 3.98. The minimum Gasteiger partial charge on any atom is -0.315 e. The first kappa shape index (κ1) is 10.9. The summed E-state index contributed by atoms with van der Waals surface area (Å²) in [5, 5.41) is 3.25. The van der Waals surface area contributed by atoms with Crippen LogP contribution in [0.5, 0.6) is 0 Å². The average Bonchev–Trinajstić information content (AvgIpc) is 2.03. The zero-order valence-electron chi connectivity index (χ0n) is 8.26. The van der Waals surface area contributed by atoms with Crippen LogP contribution in [0.15, 0.2) is 0 Å². The Labute approximate surface area is 78.3 Å². The maximum Gasteiger partial charge on any atom is 0.251 e. The van der Waals surface area contributed by atoms with Gasteiger partial charge in [0.1, 0.15) is 0 Å². The number of halogens is 2. The van der Waals surface area contributed by atoms with Crippen LogP contribution in [0, 0.1) is 5.92 Å². The molecule has 78 valence electrons. The Balaban J connectivity index is 2.32. The molecule has 2 unspecified atom stereocenters. The fourth-order valence-corrected chi connectivity index (χ4v) is 1.83. The normalized spacial score (nSPS) is 30.0. The van der Waals surface area contributed by atoms with Crippen LogP contribution in [0.25, 0.3) is 0 Å². The van der Waals surface area contributed by atoms with Gasteiger partial charge in [-0.2, -0.15) is 0 Å². The molecule has 1 rings (SSSR count). The standard InChI is InChI=1S/C9H18F2N2/c1-7-3-8(5-12-4-7)13(2)6-9(10)11/h7-9,12H,3-6H2,1-2H3. The van der Waals surface area contributed by atoms with Gasteiger partial charge in [0, 0.05) is 12.6 Å². The molecule has 0 radical (unpaired) electrons. The Morgan fingerprint density at radius 2 is 2.15 bits per heavy atom. The second kappa shape index (κ2) is 4.86. The van der Waals surface area contributed by atoms with Crippen LogP contribution in [0.2, 0.25) is 0 Å². The van der Waals surface area contributed by atoms with Crippen LogP contribution in [-0.4, -0.2) is 44.0 Å². The highest BCUT2D eigenvalue weighted by Gasteiger charge is 2.23. The van der Waals surface area contributed by atoms with Gasteiger partial charge >= 0.3 is 0 Å². The second-order valence-electron chi connectivity index (χ2n) is 3.98. The Hall–Kier alpha value is -0.220. The third-order valence-corrected chi connectivity index (χ3v) is 2.60. The average molecular weight is 192 g/mol. The molecule has 2 atom stereocenters. The van der Waals surface area contributed by atoms with E-state index in [0.717, 1.165) is 19.5 Å². The molecule has 0 aromatic rings. The largest absolute Gasteiger partial charge is 0.315 e. The SMILES string of the molecule is CC1CNCC(N(C)CC(F)F)C1. The van der Waals surface area contributed by atoms with Gasteiger partial charge in [-0.1, -0.05) is 6.92 Å². The number of piperidine rings is 1. The lowest BCUT2D eigenvalue weighted by Crippen LogP contribution is -2.48. The van der Waals surface area contributed by atoms with E-state index in [9.17, 15) is 8.78 Å². The number of hydrogen-bond acceptors (Lipinski definition) is 2. The van der Waals surface area contributed by atoms with Crippen LogP contribution in [0.3, 0.4) is 0 Å². The van der Waals surface area contributed by atoms with Crippen molar-refractivity contribution in [2.24, 2.45) is 5.92 Å². The highest BCUT2D eigenvalue weighted by Crippen LogP contribution is 2.14. The fraction of sp³-hybridized carbons (Fsp3) is 1.00. The molecular weight excluding hydrogens is 174 g/mol. The molecule has 1 N–H and O–H groups in total. The quantitative estimate of drug-likeness (QED) is 0.722. The Bertz CT molecular complexity index is 153. The molecule has 1 aliphatic heterocycles. The first-order chi connectivity index (χ1) is 6.09. The number of hydrogen-bond donors (Lipinski definition) is 1. The van der Waals surface area contributed by atoms with Crippen molar-refractivity contribution < 1.29 is 8.78 Å². The molecule has 0 aromatic heterocycles. The first-order valence-corrected chi connectivity index (χ1v) is 4.78. The summed E-state index contributed by atoms with van der Waals surface area (Å²) >= 11 is 0. The van der Waals surface area contributed by atoms with Crippen molar-refractivity contribution in [2.45, 2.75) is 25.8 Å². The molecule has 1 heterocycles. The van der Waals surface area contributed by atoms with E-state index in [2.05, 4.69) is 12.2 Å².